The number of alkyl halides is 3. The number of aliphatic carboxylic acids is 1. The molecular weight excluding hydrogens is 273 g/mol. The van der Waals surface area contributed by atoms with Gasteiger partial charge in [0.1, 0.15) is 6.07 Å². The van der Waals surface area contributed by atoms with Crippen LogP contribution in [0.1, 0.15) is 12.0 Å². The topological polar surface area (TPSA) is 64.3 Å². The van der Waals surface area contributed by atoms with Crippen molar-refractivity contribution in [3.05, 3.63) is 29.8 Å². The largest absolute Gasteiger partial charge is 0.481 e. The Bertz CT molecular complexity index is 580. The van der Waals surface area contributed by atoms with E-state index in [4.69, 9.17) is 10.4 Å². The molecule has 1 heterocycles. The number of halogens is 3. The van der Waals surface area contributed by atoms with Crippen molar-refractivity contribution in [2.24, 2.45) is 5.41 Å². The number of carbonyl (C=O) groups is 1. The van der Waals surface area contributed by atoms with Gasteiger partial charge < -0.3 is 10.0 Å². The Hall–Kier alpha value is -2.23. The molecule has 0 aromatic heterocycles. The summed E-state index contributed by atoms with van der Waals surface area (Å²) >= 11 is 0. The van der Waals surface area contributed by atoms with Crippen LogP contribution < -0.4 is 4.90 Å². The summed E-state index contributed by atoms with van der Waals surface area (Å²) in [6, 6.07) is 8.11. The smallest absolute Gasteiger partial charge is 0.406 e. The number of nitriles is 1. The molecule has 1 saturated heterocycles. The fourth-order valence-electron chi connectivity index (χ4n) is 2.39. The van der Waals surface area contributed by atoms with Crippen molar-refractivity contribution >= 4 is 11.7 Å². The summed E-state index contributed by atoms with van der Waals surface area (Å²) in [6.45, 7) is -0.727. The van der Waals surface area contributed by atoms with Crippen molar-refractivity contribution in [3.63, 3.8) is 0 Å². The van der Waals surface area contributed by atoms with E-state index in [1.54, 1.807) is 12.1 Å². The Kier molecular flexibility index (Phi) is 3.34. The highest BCUT2D eigenvalue weighted by molar-refractivity contribution is 5.78. The second kappa shape index (κ2) is 4.71. The molecule has 0 aliphatic carbocycles. The van der Waals surface area contributed by atoms with Crippen LogP contribution in [0, 0.1) is 16.7 Å². The molecule has 1 aromatic carbocycles. The van der Waals surface area contributed by atoms with Crippen molar-refractivity contribution in [2.45, 2.75) is 12.6 Å². The number of rotatable bonds is 2. The predicted molar refractivity (Wildman–Crippen MR) is 64.1 cm³/mol. The third kappa shape index (κ3) is 2.07. The maximum Gasteiger partial charge on any atom is 0.406 e. The van der Waals surface area contributed by atoms with Gasteiger partial charge in [0.2, 0.25) is 0 Å². The molecular formula is C13H11F3N2O2. The number of anilines is 1. The summed E-state index contributed by atoms with van der Waals surface area (Å²) in [7, 11) is 0. The zero-order valence-corrected chi connectivity index (χ0v) is 10.3. The summed E-state index contributed by atoms with van der Waals surface area (Å²) in [5, 5.41) is 17.9. The molecule has 7 heteroatoms. The van der Waals surface area contributed by atoms with Crippen molar-refractivity contribution in [3.8, 4) is 6.07 Å². The fourth-order valence-corrected chi connectivity index (χ4v) is 2.39. The standard InChI is InChI=1S/C13H11F3N2O2/c14-13(15,16)12(11(19)20)5-6-18(8-12)10-4-2-1-3-9(10)7-17/h1-4H,5-6,8H2,(H,19,20). The van der Waals surface area contributed by atoms with Gasteiger partial charge in [-0.15, -0.1) is 0 Å². The first-order valence-corrected chi connectivity index (χ1v) is 5.86. The number of hydrogen-bond acceptors (Lipinski definition) is 3. The molecule has 4 nitrogen and oxygen atoms in total. The van der Waals surface area contributed by atoms with Crippen molar-refractivity contribution in [1.82, 2.24) is 0 Å². The average Bonchev–Trinajstić information content (AvgIpc) is 2.84. The first kappa shape index (κ1) is 14.2. The van der Waals surface area contributed by atoms with Crippen molar-refractivity contribution in [2.75, 3.05) is 18.0 Å². The maximum atomic E-state index is 13.1. The van der Waals surface area contributed by atoms with Crippen LogP contribution in [-0.4, -0.2) is 30.3 Å². The normalized spacial score (nSPS) is 22.6. The van der Waals surface area contributed by atoms with E-state index in [9.17, 15) is 18.0 Å². The summed E-state index contributed by atoms with van der Waals surface area (Å²) in [5.74, 6) is -1.87. The highest BCUT2D eigenvalue weighted by Gasteiger charge is 2.63. The lowest BCUT2D eigenvalue weighted by atomic mass is 9.86. The molecule has 1 aromatic rings. The zero-order valence-electron chi connectivity index (χ0n) is 10.3. The van der Waals surface area contributed by atoms with Crippen LogP contribution in [0.3, 0.4) is 0 Å². The quantitative estimate of drug-likeness (QED) is 0.905. The van der Waals surface area contributed by atoms with E-state index in [2.05, 4.69) is 0 Å². The monoisotopic (exact) mass is 284 g/mol. The van der Waals surface area contributed by atoms with Crippen LogP contribution in [0.15, 0.2) is 24.3 Å². The van der Waals surface area contributed by atoms with E-state index in [1.807, 2.05) is 6.07 Å². The summed E-state index contributed by atoms with van der Waals surface area (Å²) in [6.07, 6.45) is -5.35. The van der Waals surface area contributed by atoms with E-state index < -0.39 is 30.5 Å². The highest BCUT2D eigenvalue weighted by atomic mass is 19.4. The van der Waals surface area contributed by atoms with Crippen LogP contribution in [0.25, 0.3) is 0 Å². The van der Waals surface area contributed by atoms with Crippen LogP contribution in [0.4, 0.5) is 18.9 Å². The molecule has 1 atom stereocenters. The lowest BCUT2D eigenvalue weighted by Crippen LogP contribution is -2.47. The molecule has 1 aliphatic heterocycles. The van der Waals surface area contributed by atoms with E-state index in [1.165, 1.54) is 17.0 Å². The molecule has 0 saturated carbocycles. The number of para-hydroxylation sites is 1. The minimum absolute atomic E-state index is 0.0511. The van der Waals surface area contributed by atoms with Crippen LogP contribution in [-0.2, 0) is 4.79 Å². The van der Waals surface area contributed by atoms with Gasteiger partial charge in [0.05, 0.1) is 11.3 Å². The lowest BCUT2D eigenvalue weighted by Gasteiger charge is -2.28. The van der Waals surface area contributed by atoms with Gasteiger partial charge in [0, 0.05) is 13.1 Å². The van der Waals surface area contributed by atoms with Gasteiger partial charge in [-0.3, -0.25) is 4.79 Å². The first-order valence-electron chi connectivity index (χ1n) is 5.86. The molecule has 1 N–H and O–H groups in total. The average molecular weight is 284 g/mol. The van der Waals surface area contributed by atoms with Crippen LogP contribution >= 0.6 is 0 Å². The van der Waals surface area contributed by atoms with Crippen LogP contribution in [0.2, 0.25) is 0 Å². The van der Waals surface area contributed by atoms with Gasteiger partial charge in [-0.25, -0.2) is 0 Å². The number of nitrogens with zero attached hydrogens (tertiary/aromatic N) is 2. The Morgan fingerprint density at radius 1 is 1.40 bits per heavy atom. The molecule has 0 bridgehead atoms. The molecule has 1 fully saturated rings. The first-order chi connectivity index (χ1) is 9.32. The van der Waals surface area contributed by atoms with Gasteiger partial charge in [-0.05, 0) is 18.6 Å². The summed E-state index contributed by atoms with van der Waals surface area (Å²) < 4.78 is 39.2. The minimum atomic E-state index is -4.82. The minimum Gasteiger partial charge on any atom is -0.481 e. The van der Waals surface area contributed by atoms with E-state index in [0.717, 1.165) is 0 Å². The van der Waals surface area contributed by atoms with Gasteiger partial charge in [0.15, 0.2) is 5.41 Å². The van der Waals surface area contributed by atoms with Gasteiger partial charge in [-0.2, -0.15) is 18.4 Å². The highest BCUT2D eigenvalue weighted by Crippen LogP contribution is 2.47. The predicted octanol–water partition coefficient (Wildman–Crippen LogP) is 2.40. The molecule has 0 spiro atoms. The maximum absolute atomic E-state index is 13.1. The second-order valence-corrected chi connectivity index (χ2v) is 4.69. The second-order valence-electron chi connectivity index (χ2n) is 4.69. The molecule has 0 amide bonds. The Labute approximate surface area is 113 Å². The van der Waals surface area contributed by atoms with E-state index >= 15 is 0 Å². The number of benzene rings is 1. The summed E-state index contributed by atoms with van der Waals surface area (Å²) in [4.78, 5) is 12.4. The third-order valence-electron chi connectivity index (χ3n) is 3.59. The summed E-state index contributed by atoms with van der Waals surface area (Å²) in [5.41, 5.74) is -2.20. The number of carboxylic acid groups (broad SMARTS) is 1. The lowest BCUT2D eigenvalue weighted by molar-refractivity contribution is -0.225. The number of carboxylic acids is 1. The van der Waals surface area contributed by atoms with E-state index in [0.29, 0.717) is 5.69 Å². The molecule has 20 heavy (non-hydrogen) atoms. The SMILES string of the molecule is N#Cc1ccccc1N1CCC(C(=O)O)(C(F)(F)F)C1. The van der Waals surface area contributed by atoms with Crippen molar-refractivity contribution in [1.29, 1.82) is 5.26 Å². The van der Waals surface area contributed by atoms with Crippen molar-refractivity contribution < 1.29 is 23.1 Å². The fraction of sp³-hybridized carbons (Fsp3) is 0.385. The Morgan fingerprint density at radius 3 is 2.55 bits per heavy atom. The van der Waals surface area contributed by atoms with Gasteiger partial charge in [-0.1, -0.05) is 12.1 Å². The van der Waals surface area contributed by atoms with E-state index in [-0.39, 0.29) is 12.1 Å². The Morgan fingerprint density at radius 2 is 2.05 bits per heavy atom. The van der Waals surface area contributed by atoms with Gasteiger partial charge >= 0.3 is 12.1 Å². The molecule has 0 radical (unpaired) electrons. The molecule has 1 aliphatic rings. The third-order valence-corrected chi connectivity index (χ3v) is 3.59. The zero-order chi connectivity index (χ0) is 15.0. The molecule has 2 rings (SSSR count). The Balaban J connectivity index is 2.37. The van der Waals surface area contributed by atoms with Gasteiger partial charge in [0.25, 0.3) is 0 Å². The molecule has 1 unspecified atom stereocenters. The number of hydrogen-bond donors (Lipinski definition) is 1. The molecule has 106 valence electrons. The van der Waals surface area contributed by atoms with Crippen LogP contribution in [0.5, 0.6) is 0 Å².